The van der Waals surface area contributed by atoms with Crippen LogP contribution in [-0.4, -0.2) is 22.0 Å². The molecule has 0 saturated heterocycles. The molecule has 170 valence electrons. The van der Waals surface area contributed by atoms with Gasteiger partial charge in [0, 0.05) is 29.4 Å². The Labute approximate surface area is 201 Å². The van der Waals surface area contributed by atoms with Gasteiger partial charge in [-0.15, -0.1) is 0 Å². The average Bonchev–Trinajstić information content (AvgIpc) is 2.88. The highest BCUT2D eigenvalue weighted by Gasteiger charge is 2.12. The molecule has 0 aliphatic carbocycles. The van der Waals surface area contributed by atoms with Gasteiger partial charge in [0.1, 0.15) is 5.75 Å². The lowest BCUT2D eigenvalue weighted by atomic mass is 10.1. The summed E-state index contributed by atoms with van der Waals surface area (Å²) in [7, 11) is 0. The number of phenols is 1. The first kappa shape index (κ1) is 22.0. The molecular formula is C29H21N3O3. The van der Waals surface area contributed by atoms with Gasteiger partial charge >= 0.3 is 5.63 Å². The van der Waals surface area contributed by atoms with Crippen molar-refractivity contribution in [2.75, 3.05) is 0 Å². The Morgan fingerprint density at radius 3 is 2.43 bits per heavy atom. The van der Waals surface area contributed by atoms with Crippen molar-refractivity contribution in [1.29, 1.82) is 0 Å². The van der Waals surface area contributed by atoms with Crippen molar-refractivity contribution in [3.63, 3.8) is 0 Å². The Bertz CT molecular complexity index is 1580. The quantitative estimate of drug-likeness (QED) is 0.253. The van der Waals surface area contributed by atoms with Gasteiger partial charge in [-0.05, 0) is 48.9 Å². The third-order valence-electron chi connectivity index (χ3n) is 5.54. The summed E-state index contributed by atoms with van der Waals surface area (Å²) in [5.74, 6) is -0.0329. The minimum Gasteiger partial charge on any atom is -0.507 e. The molecule has 0 aliphatic rings. The van der Waals surface area contributed by atoms with E-state index in [-0.39, 0.29) is 11.3 Å². The highest BCUT2D eigenvalue weighted by Crippen LogP contribution is 2.31. The first-order valence-corrected chi connectivity index (χ1v) is 11.1. The number of nitrogens with zero attached hydrogens (tertiary/aromatic N) is 3. The monoisotopic (exact) mass is 459 g/mol. The van der Waals surface area contributed by atoms with Crippen LogP contribution < -0.4 is 5.63 Å². The third kappa shape index (κ3) is 4.63. The van der Waals surface area contributed by atoms with Crippen LogP contribution in [0.15, 0.2) is 116 Å². The van der Waals surface area contributed by atoms with E-state index in [9.17, 15) is 9.90 Å². The predicted molar refractivity (Wildman–Crippen MR) is 139 cm³/mol. The maximum absolute atomic E-state index is 12.0. The molecule has 0 radical (unpaired) electrons. The van der Waals surface area contributed by atoms with E-state index in [1.54, 1.807) is 18.3 Å². The molecule has 6 heteroatoms. The van der Waals surface area contributed by atoms with Crippen molar-refractivity contribution in [1.82, 2.24) is 4.98 Å². The molecule has 0 aliphatic heterocycles. The van der Waals surface area contributed by atoms with Gasteiger partial charge in [-0.1, -0.05) is 48.5 Å². The molecule has 0 unspecified atom stereocenters. The van der Waals surface area contributed by atoms with Crippen LogP contribution in [0.5, 0.6) is 5.75 Å². The summed E-state index contributed by atoms with van der Waals surface area (Å²) in [6.45, 7) is 1.82. The van der Waals surface area contributed by atoms with Crippen molar-refractivity contribution in [3.8, 4) is 5.75 Å². The summed E-state index contributed by atoms with van der Waals surface area (Å²) < 4.78 is 5.41. The molecule has 0 bridgehead atoms. The molecule has 5 aromatic rings. The molecule has 0 fully saturated rings. The molecule has 1 N–H and O–H groups in total. The van der Waals surface area contributed by atoms with Crippen LogP contribution in [0.2, 0.25) is 0 Å². The molecule has 0 amide bonds. The molecule has 6 nitrogen and oxygen atoms in total. The highest BCUT2D eigenvalue weighted by atomic mass is 16.4. The molecular weight excluding hydrogens is 438 g/mol. The normalized spacial score (nSPS) is 11.9. The fourth-order valence-electron chi connectivity index (χ4n) is 3.81. The molecule has 5 rings (SSSR count). The van der Waals surface area contributed by atoms with Gasteiger partial charge in [0.2, 0.25) is 0 Å². The Morgan fingerprint density at radius 1 is 0.914 bits per heavy atom. The standard InChI is InChI=1S/C29H21N3O3/c1-19-17-27(34)35-29-21(19)14-15-26(33)22(29)18-31-23-11-5-6-12-24(23)32-28(20-9-3-2-4-10-20)25-13-7-8-16-30-25/h2-18,33H,1H3. The number of para-hydroxylation sites is 2. The number of aromatic hydroxyl groups is 1. The third-order valence-corrected chi connectivity index (χ3v) is 5.54. The van der Waals surface area contributed by atoms with Crippen molar-refractivity contribution < 1.29 is 9.52 Å². The van der Waals surface area contributed by atoms with E-state index < -0.39 is 5.63 Å². The van der Waals surface area contributed by atoms with E-state index in [0.29, 0.717) is 22.6 Å². The molecule has 2 aromatic heterocycles. The smallest absolute Gasteiger partial charge is 0.336 e. The van der Waals surface area contributed by atoms with E-state index in [4.69, 9.17) is 9.41 Å². The van der Waals surface area contributed by atoms with E-state index in [1.807, 2.05) is 79.7 Å². The van der Waals surface area contributed by atoms with Crippen LogP contribution in [0.4, 0.5) is 11.4 Å². The second-order valence-electron chi connectivity index (χ2n) is 7.91. The molecule has 0 atom stereocenters. The van der Waals surface area contributed by atoms with Crippen LogP contribution in [0.1, 0.15) is 22.4 Å². The number of benzene rings is 3. The average molecular weight is 460 g/mol. The number of hydrogen-bond donors (Lipinski definition) is 1. The zero-order valence-corrected chi connectivity index (χ0v) is 18.9. The summed E-state index contributed by atoms with van der Waals surface area (Å²) in [4.78, 5) is 26.0. The van der Waals surface area contributed by atoms with Crippen LogP contribution >= 0.6 is 0 Å². The lowest BCUT2D eigenvalue weighted by Crippen LogP contribution is -2.05. The fraction of sp³-hybridized carbons (Fsp3) is 0.0345. The molecule has 3 aromatic carbocycles. The Balaban J connectivity index is 1.63. The SMILES string of the molecule is Cc1cc(=O)oc2c(C=Nc3ccccc3N=C(c3ccccc3)c3ccccn3)c(O)ccc12. The van der Waals surface area contributed by atoms with Gasteiger partial charge in [-0.25, -0.2) is 9.79 Å². The van der Waals surface area contributed by atoms with E-state index >= 15 is 0 Å². The number of rotatable bonds is 5. The predicted octanol–water partition coefficient (Wildman–Crippen LogP) is 6.12. The van der Waals surface area contributed by atoms with Crippen molar-refractivity contribution in [2.24, 2.45) is 9.98 Å². The maximum atomic E-state index is 12.0. The van der Waals surface area contributed by atoms with Crippen molar-refractivity contribution in [2.45, 2.75) is 6.92 Å². The Morgan fingerprint density at radius 2 is 1.66 bits per heavy atom. The van der Waals surface area contributed by atoms with Gasteiger partial charge in [0.05, 0.1) is 28.3 Å². The van der Waals surface area contributed by atoms with Gasteiger partial charge in [0.25, 0.3) is 0 Å². The van der Waals surface area contributed by atoms with Gasteiger partial charge in [-0.3, -0.25) is 9.98 Å². The number of fused-ring (bicyclic) bond motifs is 1. The van der Waals surface area contributed by atoms with Crippen molar-refractivity contribution in [3.05, 3.63) is 130 Å². The number of aryl methyl sites for hydroxylation is 1. The molecule has 0 saturated carbocycles. The lowest BCUT2D eigenvalue weighted by Gasteiger charge is -2.08. The van der Waals surface area contributed by atoms with Crippen LogP contribution in [-0.2, 0) is 0 Å². The number of pyridine rings is 1. The first-order chi connectivity index (χ1) is 17.1. The van der Waals surface area contributed by atoms with Crippen LogP contribution in [0.3, 0.4) is 0 Å². The Kier molecular flexibility index (Phi) is 6.01. The van der Waals surface area contributed by atoms with Crippen molar-refractivity contribution >= 4 is 34.3 Å². The summed E-state index contributed by atoms with van der Waals surface area (Å²) in [5, 5.41) is 11.2. The van der Waals surface area contributed by atoms with E-state index in [1.165, 1.54) is 12.3 Å². The number of hydrogen-bond acceptors (Lipinski definition) is 6. The first-order valence-electron chi connectivity index (χ1n) is 11.1. The molecule has 0 spiro atoms. The second-order valence-corrected chi connectivity index (χ2v) is 7.91. The summed E-state index contributed by atoms with van der Waals surface area (Å²) in [5.41, 5.74) is 4.49. The zero-order chi connectivity index (χ0) is 24.2. The summed E-state index contributed by atoms with van der Waals surface area (Å²) in [6.07, 6.45) is 3.23. The van der Waals surface area contributed by atoms with E-state index in [0.717, 1.165) is 22.2 Å². The summed E-state index contributed by atoms with van der Waals surface area (Å²) >= 11 is 0. The largest absolute Gasteiger partial charge is 0.507 e. The maximum Gasteiger partial charge on any atom is 0.336 e. The number of aromatic nitrogens is 1. The number of phenolic OH excluding ortho intramolecular Hbond substituents is 1. The molecule has 35 heavy (non-hydrogen) atoms. The van der Waals surface area contributed by atoms with E-state index in [2.05, 4.69) is 9.98 Å². The van der Waals surface area contributed by atoms with Gasteiger partial charge in [0.15, 0.2) is 5.58 Å². The lowest BCUT2D eigenvalue weighted by molar-refractivity contribution is 0.472. The van der Waals surface area contributed by atoms with Gasteiger partial charge < -0.3 is 9.52 Å². The number of aliphatic imine (C=N–C) groups is 2. The fourth-order valence-corrected chi connectivity index (χ4v) is 3.81. The Hall–Kier alpha value is -4.84. The minimum absolute atomic E-state index is 0.0329. The van der Waals surface area contributed by atoms with Crippen LogP contribution in [0.25, 0.3) is 11.0 Å². The van der Waals surface area contributed by atoms with Gasteiger partial charge in [-0.2, -0.15) is 0 Å². The highest BCUT2D eigenvalue weighted by molar-refractivity contribution is 6.13. The topological polar surface area (TPSA) is 88.0 Å². The van der Waals surface area contributed by atoms with Crippen LogP contribution in [0, 0.1) is 6.92 Å². The minimum atomic E-state index is -0.483. The summed E-state index contributed by atoms with van der Waals surface area (Å²) in [6, 6.07) is 27.7. The second kappa shape index (κ2) is 9.57. The zero-order valence-electron chi connectivity index (χ0n) is 18.9. The molecule has 2 heterocycles.